The fraction of sp³-hybridized carbons (Fsp3) is 0.455. The predicted molar refractivity (Wildman–Crippen MR) is 62.3 cm³/mol. The van der Waals surface area contributed by atoms with Gasteiger partial charge in [-0.2, -0.15) is 0 Å². The van der Waals surface area contributed by atoms with Crippen LogP contribution >= 0.6 is 0 Å². The molecule has 1 saturated heterocycles. The third-order valence-electron chi connectivity index (χ3n) is 2.63. The zero-order valence-corrected chi connectivity index (χ0v) is 9.46. The highest BCUT2D eigenvalue weighted by Gasteiger charge is 2.17. The number of hydrogen-bond acceptors (Lipinski definition) is 4. The first-order chi connectivity index (χ1) is 8.16. The highest BCUT2D eigenvalue weighted by molar-refractivity contribution is 5.76. The lowest BCUT2D eigenvalue weighted by Gasteiger charge is -2.26. The van der Waals surface area contributed by atoms with Gasteiger partial charge in [-0.25, -0.2) is 0 Å². The number of nitrogen functional groups attached to an aromatic ring is 1. The number of hydrogen-bond donors (Lipinski definition) is 1. The van der Waals surface area contributed by atoms with Gasteiger partial charge in [-0.15, -0.1) is 0 Å². The Kier molecular flexibility index (Phi) is 3.43. The molecule has 1 aliphatic rings. The molecular weight excluding hydrogens is 222 g/mol. The summed E-state index contributed by atoms with van der Waals surface area (Å²) in [5.41, 5.74) is 5.81. The summed E-state index contributed by atoms with van der Waals surface area (Å²) in [5.74, 6) is -0.127. The second-order valence-electron chi connectivity index (χ2n) is 3.98. The van der Waals surface area contributed by atoms with Crippen LogP contribution in [0.15, 0.2) is 23.1 Å². The van der Waals surface area contributed by atoms with Gasteiger partial charge in [0.05, 0.1) is 6.61 Å². The minimum atomic E-state index is -0.231. The average molecular weight is 237 g/mol. The second-order valence-corrected chi connectivity index (χ2v) is 3.98. The minimum Gasteiger partial charge on any atom is -0.398 e. The molecule has 2 rings (SSSR count). The van der Waals surface area contributed by atoms with Gasteiger partial charge in [0.2, 0.25) is 5.91 Å². The Morgan fingerprint density at radius 2 is 2.29 bits per heavy atom. The Labute approximate surface area is 98.6 Å². The van der Waals surface area contributed by atoms with Crippen molar-refractivity contribution in [1.29, 1.82) is 0 Å². The van der Waals surface area contributed by atoms with Gasteiger partial charge in [-0.05, 0) is 12.5 Å². The van der Waals surface area contributed by atoms with Gasteiger partial charge in [-0.3, -0.25) is 9.59 Å². The van der Waals surface area contributed by atoms with E-state index in [0.717, 1.165) is 6.42 Å². The summed E-state index contributed by atoms with van der Waals surface area (Å²) in [5, 5.41) is 0. The van der Waals surface area contributed by atoms with E-state index in [0.29, 0.717) is 25.6 Å². The highest BCUT2D eigenvalue weighted by atomic mass is 16.5. The standard InChI is InChI=1S/C11H15N3O3/c12-9-2-3-10(15)14(6-9)7-11(16)13-4-1-5-17-8-13/h2-3,6H,1,4-5,7-8,12H2. The first kappa shape index (κ1) is 11.7. The molecule has 6 nitrogen and oxygen atoms in total. The number of amides is 1. The third-order valence-corrected chi connectivity index (χ3v) is 2.63. The maximum atomic E-state index is 11.9. The van der Waals surface area contributed by atoms with Crippen molar-refractivity contribution in [2.45, 2.75) is 13.0 Å². The number of carbonyl (C=O) groups is 1. The van der Waals surface area contributed by atoms with Crippen molar-refractivity contribution in [3.8, 4) is 0 Å². The number of pyridine rings is 1. The quantitative estimate of drug-likeness (QED) is 0.761. The van der Waals surface area contributed by atoms with E-state index in [2.05, 4.69) is 0 Å². The van der Waals surface area contributed by atoms with Gasteiger partial charge in [-0.1, -0.05) is 0 Å². The van der Waals surface area contributed by atoms with Gasteiger partial charge in [0.15, 0.2) is 0 Å². The molecule has 0 aromatic carbocycles. The first-order valence-electron chi connectivity index (χ1n) is 5.48. The van der Waals surface area contributed by atoms with Crippen LogP contribution in [0, 0.1) is 0 Å². The molecule has 1 aromatic rings. The lowest BCUT2D eigenvalue weighted by atomic mass is 10.3. The number of nitrogens with two attached hydrogens (primary N) is 1. The molecule has 1 aromatic heterocycles. The zero-order chi connectivity index (χ0) is 12.3. The molecular formula is C11H15N3O3. The molecule has 0 bridgehead atoms. The molecule has 1 aliphatic heterocycles. The average Bonchev–Trinajstić information content (AvgIpc) is 2.35. The van der Waals surface area contributed by atoms with E-state index < -0.39 is 0 Å². The number of carbonyl (C=O) groups excluding carboxylic acids is 1. The molecule has 0 spiro atoms. The second kappa shape index (κ2) is 5.01. The van der Waals surface area contributed by atoms with E-state index in [-0.39, 0.29) is 18.0 Å². The summed E-state index contributed by atoms with van der Waals surface area (Å²) in [4.78, 5) is 25.0. The van der Waals surface area contributed by atoms with Crippen LogP contribution in [0.3, 0.4) is 0 Å². The van der Waals surface area contributed by atoms with Gasteiger partial charge in [0.1, 0.15) is 13.3 Å². The summed E-state index contributed by atoms with van der Waals surface area (Å²) in [6.45, 7) is 1.67. The number of nitrogens with zero attached hydrogens (tertiary/aromatic N) is 2. The van der Waals surface area contributed by atoms with Crippen molar-refractivity contribution in [1.82, 2.24) is 9.47 Å². The molecule has 1 fully saturated rings. The lowest BCUT2D eigenvalue weighted by molar-refractivity contribution is -0.141. The molecule has 0 aliphatic carbocycles. The Bertz CT molecular complexity index is 463. The molecule has 0 saturated carbocycles. The van der Waals surface area contributed by atoms with Crippen LogP contribution in [0.2, 0.25) is 0 Å². The summed E-state index contributed by atoms with van der Waals surface area (Å²) < 4.78 is 6.50. The zero-order valence-electron chi connectivity index (χ0n) is 9.46. The van der Waals surface area contributed by atoms with Crippen LogP contribution in [0.4, 0.5) is 5.69 Å². The van der Waals surface area contributed by atoms with Crippen molar-refractivity contribution >= 4 is 11.6 Å². The number of aromatic nitrogens is 1. The predicted octanol–water partition coefficient (Wildman–Crippen LogP) is -0.363. The van der Waals surface area contributed by atoms with Crippen molar-refractivity contribution in [2.75, 3.05) is 25.6 Å². The lowest BCUT2D eigenvalue weighted by Crippen LogP contribution is -2.41. The monoisotopic (exact) mass is 237 g/mol. The molecule has 2 N–H and O–H groups in total. The van der Waals surface area contributed by atoms with E-state index in [1.165, 1.54) is 22.9 Å². The maximum Gasteiger partial charge on any atom is 0.251 e. The molecule has 0 atom stereocenters. The summed E-state index contributed by atoms with van der Waals surface area (Å²) >= 11 is 0. The SMILES string of the molecule is Nc1ccc(=O)n(CC(=O)N2CCCOC2)c1. The van der Waals surface area contributed by atoms with E-state index >= 15 is 0 Å². The largest absolute Gasteiger partial charge is 0.398 e. The molecule has 1 amide bonds. The summed E-state index contributed by atoms with van der Waals surface area (Å²) in [6, 6.07) is 2.88. The van der Waals surface area contributed by atoms with Crippen LogP contribution in [0.25, 0.3) is 0 Å². The number of anilines is 1. The number of rotatable bonds is 2. The molecule has 92 valence electrons. The Morgan fingerprint density at radius 1 is 1.47 bits per heavy atom. The van der Waals surface area contributed by atoms with E-state index in [4.69, 9.17) is 10.5 Å². The Balaban J connectivity index is 2.07. The summed E-state index contributed by atoms with van der Waals surface area (Å²) in [7, 11) is 0. The van der Waals surface area contributed by atoms with Crippen LogP contribution < -0.4 is 11.3 Å². The summed E-state index contributed by atoms with van der Waals surface area (Å²) in [6.07, 6.45) is 2.31. The fourth-order valence-electron chi connectivity index (χ4n) is 1.71. The Hall–Kier alpha value is -1.82. The van der Waals surface area contributed by atoms with Gasteiger partial charge in [0.25, 0.3) is 5.56 Å². The molecule has 0 radical (unpaired) electrons. The van der Waals surface area contributed by atoms with Crippen molar-refractivity contribution in [3.05, 3.63) is 28.7 Å². The number of ether oxygens (including phenoxy) is 1. The first-order valence-corrected chi connectivity index (χ1v) is 5.48. The van der Waals surface area contributed by atoms with Crippen molar-refractivity contribution in [3.63, 3.8) is 0 Å². The van der Waals surface area contributed by atoms with E-state index in [9.17, 15) is 9.59 Å². The molecule has 0 unspecified atom stereocenters. The highest BCUT2D eigenvalue weighted by Crippen LogP contribution is 2.03. The maximum absolute atomic E-state index is 11.9. The molecule has 2 heterocycles. The van der Waals surface area contributed by atoms with Gasteiger partial charge < -0.3 is 19.9 Å². The van der Waals surface area contributed by atoms with Crippen molar-refractivity contribution in [2.24, 2.45) is 0 Å². The van der Waals surface area contributed by atoms with Crippen LogP contribution in [-0.4, -0.2) is 35.3 Å². The molecule has 17 heavy (non-hydrogen) atoms. The smallest absolute Gasteiger partial charge is 0.251 e. The van der Waals surface area contributed by atoms with Crippen LogP contribution in [-0.2, 0) is 16.1 Å². The topological polar surface area (TPSA) is 77.6 Å². The fourth-order valence-corrected chi connectivity index (χ4v) is 1.71. The van der Waals surface area contributed by atoms with Gasteiger partial charge >= 0.3 is 0 Å². The van der Waals surface area contributed by atoms with E-state index in [1.807, 2.05) is 0 Å². The van der Waals surface area contributed by atoms with Crippen LogP contribution in [0.1, 0.15) is 6.42 Å². The molecule has 6 heteroatoms. The van der Waals surface area contributed by atoms with Crippen molar-refractivity contribution < 1.29 is 9.53 Å². The third kappa shape index (κ3) is 2.85. The van der Waals surface area contributed by atoms with Gasteiger partial charge in [0, 0.05) is 24.5 Å². The Morgan fingerprint density at radius 3 is 3.00 bits per heavy atom. The van der Waals surface area contributed by atoms with Crippen LogP contribution in [0.5, 0.6) is 0 Å². The minimum absolute atomic E-state index is 0.00718. The normalized spacial score (nSPS) is 15.9. The van der Waals surface area contributed by atoms with E-state index in [1.54, 1.807) is 4.90 Å².